The van der Waals surface area contributed by atoms with Crippen molar-refractivity contribution >= 4 is 28.5 Å². The van der Waals surface area contributed by atoms with Crippen LogP contribution in [0.2, 0.25) is 0 Å². The number of hydrogen-bond donors (Lipinski definition) is 0. The van der Waals surface area contributed by atoms with Crippen LogP contribution in [0.4, 0.5) is 0 Å². The molecule has 0 N–H and O–H groups in total. The number of hydrogen-bond acceptors (Lipinski definition) is 1. The van der Waals surface area contributed by atoms with Crippen LogP contribution in [0.1, 0.15) is 49.4 Å². The zero-order valence-corrected chi connectivity index (χ0v) is 13.0. The third-order valence-electron chi connectivity index (χ3n) is 3.69. The van der Waals surface area contributed by atoms with Gasteiger partial charge in [-0.15, -0.1) is 0 Å². The van der Waals surface area contributed by atoms with Gasteiger partial charge in [-0.3, -0.25) is 4.79 Å². The van der Waals surface area contributed by atoms with Gasteiger partial charge in [-0.05, 0) is 60.6 Å². The van der Waals surface area contributed by atoms with E-state index in [0.29, 0.717) is 6.04 Å². The summed E-state index contributed by atoms with van der Waals surface area (Å²) in [6.07, 6.45) is 6.19. The predicted molar refractivity (Wildman–Crippen MR) is 82.7 cm³/mol. The molecular formula is C15H20INO. The van der Waals surface area contributed by atoms with Crippen LogP contribution in [0.25, 0.3) is 0 Å². The molecule has 0 heterocycles. The zero-order chi connectivity index (χ0) is 13.0. The Morgan fingerprint density at radius 1 is 1.33 bits per heavy atom. The van der Waals surface area contributed by atoms with Gasteiger partial charge in [-0.2, -0.15) is 0 Å². The fraction of sp³-hybridized carbons (Fsp3) is 0.533. The van der Waals surface area contributed by atoms with Gasteiger partial charge in [0.1, 0.15) is 0 Å². The Hall–Kier alpha value is -0.580. The highest BCUT2D eigenvalue weighted by molar-refractivity contribution is 14.1. The summed E-state index contributed by atoms with van der Waals surface area (Å²) in [6, 6.07) is 8.34. The first-order valence-electron chi connectivity index (χ1n) is 6.79. The minimum atomic E-state index is 0.197. The Morgan fingerprint density at radius 3 is 2.67 bits per heavy atom. The van der Waals surface area contributed by atoms with Gasteiger partial charge in [-0.25, -0.2) is 0 Å². The van der Waals surface area contributed by atoms with Gasteiger partial charge >= 0.3 is 0 Å². The Kier molecular flexibility index (Phi) is 5.03. The predicted octanol–water partition coefficient (Wildman–Crippen LogP) is 4.09. The minimum Gasteiger partial charge on any atom is -0.336 e. The van der Waals surface area contributed by atoms with E-state index < -0.39 is 0 Å². The van der Waals surface area contributed by atoms with Crippen LogP contribution in [0.5, 0.6) is 0 Å². The molecule has 18 heavy (non-hydrogen) atoms. The number of benzene rings is 1. The van der Waals surface area contributed by atoms with Crippen LogP contribution in [0.15, 0.2) is 24.3 Å². The molecule has 1 amide bonds. The molecule has 0 saturated heterocycles. The second-order valence-corrected chi connectivity index (χ2v) is 6.14. The fourth-order valence-electron chi connectivity index (χ4n) is 2.75. The quantitative estimate of drug-likeness (QED) is 0.747. The first kappa shape index (κ1) is 13.8. The summed E-state index contributed by atoms with van der Waals surface area (Å²) in [5.41, 5.74) is 0.828. The van der Waals surface area contributed by atoms with Crippen molar-refractivity contribution in [2.24, 2.45) is 0 Å². The highest BCUT2D eigenvalue weighted by Crippen LogP contribution is 2.24. The van der Waals surface area contributed by atoms with Gasteiger partial charge in [0, 0.05) is 21.7 Å². The number of rotatable bonds is 3. The van der Waals surface area contributed by atoms with Gasteiger partial charge in [0.2, 0.25) is 0 Å². The van der Waals surface area contributed by atoms with E-state index in [9.17, 15) is 4.79 Å². The summed E-state index contributed by atoms with van der Waals surface area (Å²) in [5, 5.41) is 0. The van der Waals surface area contributed by atoms with Crippen molar-refractivity contribution in [3.05, 3.63) is 33.4 Å². The Bertz CT molecular complexity index is 413. The molecule has 2 nitrogen and oxygen atoms in total. The maximum absolute atomic E-state index is 12.5. The Morgan fingerprint density at radius 2 is 2.06 bits per heavy atom. The molecule has 0 unspecified atom stereocenters. The molecule has 0 spiro atoms. The van der Waals surface area contributed by atoms with Crippen molar-refractivity contribution in [3.8, 4) is 0 Å². The molecule has 1 aliphatic carbocycles. The lowest BCUT2D eigenvalue weighted by atomic mass is 9.93. The molecule has 0 aliphatic heterocycles. The molecule has 1 fully saturated rings. The number of halogens is 1. The second kappa shape index (κ2) is 6.55. The van der Waals surface area contributed by atoms with Crippen molar-refractivity contribution < 1.29 is 4.79 Å². The van der Waals surface area contributed by atoms with E-state index in [-0.39, 0.29) is 5.91 Å². The van der Waals surface area contributed by atoms with E-state index in [1.807, 2.05) is 24.3 Å². The van der Waals surface area contributed by atoms with Gasteiger partial charge in [0.25, 0.3) is 5.91 Å². The van der Waals surface area contributed by atoms with E-state index in [1.54, 1.807) is 0 Å². The number of amides is 1. The summed E-state index contributed by atoms with van der Waals surface area (Å²) in [7, 11) is 0. The van der Waals surface area contributed by atoms with Crippen LogP contribution < -0.4 is 0 Å². The van der Waals surface area contributed by atoms with Gasteiger partial charge < -0.3 is 4.90 Å². The lowest BCUT2D eigenvalue weighted by Gasteiger charge is -2.33. The van der Waals surface area contributed by atoms with Crippen LogP contribution in [0.3, 0.4) is 0 Å². The summed E-state index contributed by atoms with van der Waals surface area (Å²) < 4.78 is 1.12. The first-order chi connectivity index (χ1) is 8.72. The van der Waals surface area contributed by atoms with Crippen LogP contribution in [-0.4, -0.2) is 23.4 Å². The maximum atomic E-state index is 12.5. The molecule has 98 valence electrons. The number of carbonyl (C=O) groups excluding carboxylic acids is 1. The van der Waals surface area contributed by atoms with Gasteiger partial charge in [0.15, 0.2) is 0 Å². The highest BCUT2D eigenvalue weighted by atomic mass is 127. The molecule has 1 aromatic rings. The maximum Gasteiger partial charge on any atom is 0.254 e. The zero-order valence-electron chi connectivity index (χ0n) is 10.9. The lowest BCUT2D eigenvalue weighted by molar-refractivity contribution is 0.0648. The Balaban J connectivity index is 2.14. The molecule has 0 atom stereocenters. The second-order valence-electron chi connectivity index (χ2n) is 4.89. The molecule has 1 saturated carbocycles. The Labute approximate surface area is 123 Å². The van der Waals surface area contributed by atoms with Crippen molar-refractivity contribution in [1.29, 1.82) is 0 Å². The normalized spacial score (nSPS) is 16.6. The summed E-state index contributed by atoms with van der Waals surface area (Å²) in [4.78, 5) is 14.6. The third kappa shape index (κ3) is 3.25. The molecule has 0 radical (unpaired) electrons. The average Bonchev–Trinajstić information content (AvgIpc) is 2.41. The SMILES string of the molecule is CCN(C(=O)c1cccc(I)c1)C1CCCCC1. The van der Waals surface area contributed by atoms with E-state index >= 15 is 0 Å². The average molecular weight is 357 g/mol. The molecule has 2 rings (SSSR count). The summed E-state index contributed by atoms with van der Waals surface area (Å²) >= 11 is 2.26. The lowest BCUT2D eigenvalue weighted by Crippen LogP contribution is -2.41. The van der Waals surface area contributed by atoms with E-state index in [4.69, 9.17) is 0 Å². The molecule has 0 bridgehead atoms. The summed E-state index contributed by atoms with van der Waals surface area (Å²) in [6.45, 7) is 2.90. The van der Waals surface area contributed by atoms with E-state index in [0.717, 1.165) is 15.7 Å². The van der Waals surface area contributed by atoms with Crippen LogP contribution in [0, 0.1) is 3.57 Å². The van der Waals surface area contributed by atoms with E-state index in [2.05, 4.69) is 34.4 Å². The smallest absolute Gasteiger partial charge is 0.254 e. The molecular weight excluding hydrogens is 337 g/mol. The van der Waals surface area contributed by atoms with Gasteiger partial charge in [0.05, 0.1) is 0 Å². The molecule has 0 aromatic heterocycles. The summed E-state index contributed by atoms with van der Waals surface area (Å²) in [5.74, 6) is 0.197. The minimum absolute atomic E-state index is 0.197. The third-order valence-corrected chi connectivity index (χ3v) is 4.36. The fourth-order valence-corrected chi connectivity index (χ4v) is 3.29. The van der Waals surface area contributed by atoms with Crippen molar-refractivity contribution in [2.75, 3.05) is 6.54 Å². The van der Waals surface area contributed by atoms with Crippen LogP contribution in [-0.2, 0) is 0 Å². The molecule has 3 heteroatoms. The van der Waals surface area contributed by atoms with Gasteiger partial charge in [-0.1, -0.05) is 25.3 Å². The van der Waals surface area contributed by atoms with Crippen molar-refractivity contribution in [1.82, 2.24) is 4.90 Å². The standard InChI is InChI=1S/C15H20INO/c1-2-17(14-9-4-3-5-10-14)15(18)12-7-6-8-13(16)11-12/h6-8,11,14H,2-5,9-10H2,1H3. The first-order valence-corrected chi connectivity index (χ1v) is 7.86. The van der Waals surface area contributed by atoms with Crippen molar-refractivity contribution in [3.63, 3.8) is 0 Å². The monoisotopic (exact) mass is 357 g/mol. The topological polar surface area (TPSA) is 20.3 Å². The van der Waals surface area contributed by atoms with Crippen molar-refractivity contribution in [2.45, 2.75) is 45.1 Å². The van der Waals surface area contributed by atoms with E-state index in [1.165, 1.54) is 32.1 Å². The van der Waals surface area contributed by atoms with Crippen LogP contribution >= 0.6 is 22.6 Å². The molecule has 1 aliphatic rings. The highest BCUT2D eigenvalue weighted by Gasteiger charge is 2.24. The molecule has 1 aromatic carbocycles. The largest absolute Gasteiger partial charge is 0.336 e. The number of carbonyl (C=O) groups is 1. The number of nitrogens with zero attached hydrogens (tertiary/aromatic N) is 1.